The summed E-state index contributed by atoms with van der Waals surface area (Å²) in [6.07, 6.45) is 3.78. The molecule has 0 radical (unpaired) electrons. The van der Waals surface area contributed by atoms with Crippen LogP contribution < -0.4 is 0 Å². The molecule has 2 aromatic heterocycles. The van der Waals surface area contributed by atoms with Crippen molar-refractivity contribution in [3.8, 4) is 0 Å². The summed E-state index contributed by atoms with van der Waals surface area (Å²) < 4.78 is 1.94. The van der Waals surface area contributed by atoms with Crippen LogP contribution in [0, 0.1) is 0 Å². The predicted molar refractivity (Wildman–Crippen MR) is 70.1 cm³/mol. The van der Waals surface area contributed by atoms with E-state index in [2.05, 4.69) is 0 Å². The molecule has 0 aliphatic rings. The van der Waals surface area contributed by atoms with Crippen LogP contribution in [0.2, 0.25) is 0 Å². The van der Waals surface area contributed by atoms with E-state index in [1.165, 1.54) is 0 Å². The molecule has 0 saturated carbocycles. The Balaban J connectivity index is 0.000000509. The highest BCUT2D eigenvalue weighted by Gasteiger charge is 2.01. The molecule has 88 valence electrons. The highest BCUT2D eigenvalue weighted by Crippen LogP contribution is 2.09. The number of carbonyl (C=O) groups excluding carboxylic acids is 1. The number of hydrogen-bond donors (Lipinski definition) is 0. The number of hydrogen-bond acceptors (Lipinski definition) is 1. The maximum absolute atomic E-state index is 11.0. The number of rotatable bonds is 1. The summed E-state index contributed by atoms with van der Waals surface area (Å²) in [6.45, 7) is 9.58. The van der Waals surface area contributed by atoms with Gasteiger partial charge >= 0.3 is 0 Å². The summed E-state index contributed by atoms with van der Waals surface area (Å²) in [5.41, 5.74) is 1.82. The number of nitrogens with zero attached hydrogens (tertiary/aromatic N) is 1. The Morgan fingerprint density at radius 1 is 1.12 bits per heavy atom. The van der Waals surface area contributed by atoms with Crippen molar-refractivity contribution in [1.82, 2.24) is 4.40 Å². The third kappa shape index (κ3) is 3.54. The maximum atomic E-state index is 11.0. The lowest BCUT2D eigenvalue weighted by molar-refractivity contribution is 0.101. The summed E-state index contributed by atoms with van der Waals surface area (Å²) >= 11 is 0. The van der Waals surface area contributed by atoms with Crippen LogP contribution in [0.5, 0.6) is 0 Å². The topological polar surface area (TPSA) is 21.5 Å². The Hall–Kier alpha value is -1.57. The average Bonchev–Trinajstić information content (AvgIpc) is 2.78. The van der Waals surface area contributed by atoms with E-state index in [0.717, 1.165) is 11.1 Å². The predicted octanol–water partition coefficient (Wildman–Crippen LogP) is 4.19. The quantitative estimate of drug-likeness (QED) is 0.659. The summed E-state index contributed by atoms with van der Waals surface area (Å²) in [5.74, 6) is 0.110. The Kier molecular flexibility index (Phi) is 6.93. The third-order valence-corrected chi connectivity index (χ3v) is 1.91. The van der Waals surface area contributed by atoms with Crippen molar-refractivity contribution in [2.45, 2.75) is 34.6 Å². The van der Waals surface area contributed by atoms with Gasteiger partial charge in [-0.25, -0.2) is 0 Å². The fourth-order valence-electron chi connectivity index (χ4n) is 1.25. The molecule has 0 bridgehead atoms. The van der Waals surface area contributed by atoms with Gasteiger partial charge in [-0.2, -0.15) is 0 Å². The van der Waals surface area contributed by atoms with Crippen LogP contribution in [-0.4, -0.2) is 10.2 Å². The summed E-state index contributed by atoms with van der Waals surface area (Å²) in [4.78, 5) is 11.0. The van der Waals surface area contributed by atoms with Crippen molar-refractivity contribution in [2.24, 2.45) is 0 Å². The number of fused-ring (bicyclic) bond motifs is 1. The van der Waals surface area contributed by atoms with Crippen molar-refractivity contribution in [1.29, 1.82) is 0 Å². The molecule has 2 heterocycles. The van der Waals surface area contributed by atoms with Crippen molar-refractivity contribution in [2.75, 3.05) is 0 Å². The van der Waals surface area contributed by atoms with Crippen LogP contribution in [0.3, 0.4) is 0 Å². The van der Waals surface area contributed by atoms with Crippen LogP contribution in [0.4, 0.5) is 0 Å². The van der Waals surface area contributed by atoms with E-state index in [1.807, 2.05) is 68.8 Å². The Morgan fingerprint density at radius 2 is 1.75 bits per heavy atom. The number of pyridine rings is 1. The number of aromatic nitrogens is 1. The third-order valence-electron chi connectivity index (χ3n) is 1.91. The maximum Gasteiger partial charge on any atom is 0.161 e. The van der Waals surface area contributed by atoms with Crippen molar-refractivity contribution in [3.63, 3.8) is 0 Å². The fraction of sp³-hybridized carbons (Fsp3) is 0.357. The molecule has 0 fully saturated rings. The van der Waals surface area contributed by atoms with Crippen LogP contribution in [0.15, 0.2) is 36.7 Å². The first-order valence-electron chi connectivity index (χ1n) is 5.85. The van der Waals surface area contributed by atoms with E-state index in [-0.39, 0.29) is 5.78 Å². The van der Waals surface area contributed by atoms with Crippen LogP contribution in [0.25, 0.3) is 5.52 Å². The van der Waals surface area contributed by atoms with E-state index in [9.17, 15) is 4.79 Å². The van der Waals surface area contributed by atoms with Crippen LogP contribution in [0.1, 0.15) is 45.0 Å². The zero-order chi connectivity index (χ0) is 12.6. The van der Waals surface area contributed by atoms with Gasteiger partial charge in [0.15, 0.2) is 5.78 Å². The molecule has 2 heteroatoms. The molecular formula is C14H21NO. The normalized spacial score (nSPS) is 8.56. The molecule has 0 aromatic carbocycles. The zero-order valence-electron chi connectivity index (χ0n) is 10.8. The van der Waals surface area contributed by atoms with Gasteiger partial charge < -0.3 is 4.40 Å². The molecule has 2 rings (SSSR count). The lowest BCUT2D eigenvalue weighted by Crippen LogP contribution is -1.86. The van der Waals surface area contributed by atoms with E-state index >= 15 is 0 Å². The highest BCUT2D eigenvalue weighted by molar-refractivity contribution is 5.95. The van der Waals surface area contributed by atoms with Gasteiger partial charge in [0.1, 0.15) is 0 Å². The monoisotopic (exact) mass is 219 g/mol. The first-order valence-corrected chi connectivity index (χ1v) is 5.85. The molecule has 0 amide bonds. The first kappa shape index (κ1) is 14.4. The number of ketones is 1. The second kappa shape index (κ2) is 7.69. The van der Waals surface area contributed by atoms with Gasteiger partial charge in [-0.15, -0.1) is 0 Å². The van der Waals surface area contributed by atoms with E-state index in [1.54, 1.807) is 6.92 Å². The molecule has 0 unspecified atom stereocenters. The molecule has 0 aliphatic carbocycles. The van der Waals surface area contributed by atoms with E-state index in [4.69, 9.17) is 0 Å². The van der Waals surface area contributed by atoms with Gasteiger partial charge in [-0.1, -0.05) is 33.8 Å². The molecule has 0 saturated heterocycles. The zero-order valence-corrected chi connectivity index (χ0v) is 10.8. The van der Waals surface area contributed by atoms with Crippen molar-refractivity contribution in [3.05, 3.63) is 42.2 Å². The summed E-state index contributed by atoms with van der Waals surface area (Å²) in [6, 6.07) is 7.77. The second-order valence-electron chi connectivity index (χ2n) is 2.82. The van der Waals surface area contributed by atoms with E-state index in [0.29, 0.717) is 0 Å². The van der Waals surface area contributed by atoms with Gasteiger partial charge in [0.2, 0.25) is 0 Å². The smallest absolute Gasteiger partial charge is 0.161 e. The fourth-order valence-corrected chi connectivity index (χ4v) is 1.25. The Labute approximate surface area is 97.9 Å². The lowest BCUT2D eigenvalue weighted by Gasteiger charge is -1.88. The first-order chi connectivity index (χ1) is 7.77. The number of carbonyl (C=O) groups is 1. The molecule has 16 heavy (non-hydrogen) atoms. The summed E-state index contributed by atoms with van der Waals surface area (Å²) in [7, 11) is 0. The lowest BCUT2D eigenvalue weighted by atomic mass is 10.2. The van der Waals surface area contributed by atoms with E-state index < -0.39 is 0 Å². The Morgan fingerprint density at radius 3 is 2.25 bits per heavy atom. The van der Waals surface area contributed by atoms with Crippen molar-refractivity contribution < 1.29 is 4.79 Å². The molecule has 0 N–H and O–H groups in total. The molecule has 2 aromatic rings. The molecule has 2 nitrogen and oxygen atoms in total. The summed E-state index contributed by atoms with van der Waals surface area (Å²) in [5, 5.41) is 0. The molecule has 0 aliphatic heterocycles. The number of Topliss-reactive ketones (excluding diaryl/α,β-unsaturated/α-hetero) is 1. The minimum Gasteiger partial charge on any atom is -0.323 e. The van der Waals surface area contributed by atoms with Crippen LogP contribution >= 0.6 is 0 Å². The standard InChI is InChI=1S/C10H9NO.2C2H6/c1-8(12)9-6-10-4-2-3-5-11(10)7-9;2*1-2/h2-7H,1H3;2*1-2H3. The minimum absolute atomic E-state index is 0.110. The largest absolute Gasteiger partial charge is 0.323 e. The average molecular weight is 219 g/mol. The van der Waals surface area contributed by atoms with Crippen molar-refractivity contribution >= 4 is 11.3 Å². The molecular weight excluding hydrogens is 198 g/mol. The molecule has 0 atom stereocenters. The Bertz CT molecular complexity index is 396. The second-order valence-corrected chi connectivity index (χ2v) is 2.82. The van der Waals surface area contributed by atoms with Crippen LogP contribution in [-0.2, 0) is 0 Å². The van der Waals surface area contributed by atoms with Gasteiger partial charge in [-0.3, -0.25) is 4.79 Å². The van der Waals surface area contributed by atoms with Gasteiger partial charge in [0.25, 0.3) is 0 Å². The van der Waals surface area contributed by atoms with Gasteiger partial charge in [0, 0.05) is 23.5 Å². The minimum atomic E-state index is 0.110. The molecule has 0 spiro atoms. The SMILES string of the molecule is CC.CC.CC(=O)c1cc2ccccn2c1. The van der Waals surface area contributed by atoms with Gasteiger partial charge in [-0.05, 0) is 25.1 Å². The highest BCUT2D eigenvalue weighted by atomic mass is 16.1. The van der Waals surface area contributed by atoms with Gasteiger partial charge in [0.05, 0.1) is 0 Å².